The molecule has 1 aromatic heterocycles. The van der Waals surface area contributed by atoms with Gasteiger partial charge in [0.15, 0.2) is 5.82 Å². The number of ether oxygens (including phenoxy) is 1. The van der Waals surface area contributed by atoms with Gasteiger partial charge < -0.3 is 14.2 Å². The third-order valence-electron chi connectivity index (χ3n) is 5.31. The molecule has 1 amide bonds. The molecule has 4 rings (SSSR count). The Morgan fingerprint density at radius 1 is 1.27 bits per heavy atom. The van der Waals surface area contributed by atoms with Gasteiger partial charge in [0.2, 0.25) is 11.8 Å². The minimum absolute atomic E-state index is 0.0751. The number of carbonyl (C=O) groups excluding carboxylic acids is 1. The maximum Gasteiger partial charge on any atom is 0.249 e. The van der Waals surface area contributed by atoms with Crippen molar-refractivity contribution < 1.29 is 14.1 Å². The largest absolute Gasteiger partial charge is 0.496 e. The number of aryl methyl sites for hydroxylation is 1. The zero-order valence-corrected chi connectivity index (χ0v) is 15.2. The van der Waals surface area contributed by atoms with Crippen molar-refractivity contribution in [1.29, 1.82) is 0 Å². The quantitative estimate of drug-likeness (QED) is 0.791. The number of carbonyl (C=O) groups is 1. The number of aromatic nitrogens is 2. The average Bonchev–Trinajstić information content (AvgIpc) is 3.43. The van der Waals surface area contributed by atoms with Crippen molar-refractivity contribution in [3.05, 3.63) is 41.5 Å². The van der Waals surface area contributed by atoms with Crippen molar-refractivity contribution in [3.63, 3.8) is 0 Å². The Labute approximate surface area is 153 Å². The second-order valence-corrected chi connectivity index (χ2v) is 7.18. The Bertz CT molecular complexity index is 769. The standard InChI is InChI=1S/C20H25N3O3/c1-25-17-8-3-2-6-14(17)11-12-18(24)23-13-5-4-7-16(23)20-21-19(22-26-20)15-9-10-15/h2-3,6,8,15-16H,4-5,7,9-13H2,1H3/t16-/m1/s1. The number of methoxy groups -OCH3 is 1. The molecule has 1 saturated carbocycles. The topological polar surface area (TPSA) is 68.5 Å². The molecule has 2 aromatic rings. The molecule has 1 aliphatic carbocycles. The van der Waals surface area contributed by atoms with Crippen LogP contribution in [0.3, 0.4) is 0 Å². The summed E-state index contributed by atoms with van der Waals surface area (Å²) in [5, 5.41) is 4.12. The van der Waals surface area contributed by atoms with E-state index in [-0.39, 0.29) is 11.9 Å². The minimum Gasteiger partial charge on any atom is -0.496 e. The van der Waals surface area contributed by atoms with E-state index in [1.807, 2.05) is 29.2 Å². The van der Waals surface area contributed by atoms with Gasteiger partial charge in [0, 0.05) is 18.9 Å². The van der Waals surface area contributed by atoms with Gasteiger partial charge in [-0.3, -0.25) is 4.79 Å². The molecular formula is C20H25N3O3. The highest BCUT2D eigenvalue weighted by molar-refractivity contribution is 5.77. The smallest absolute Gasteiger partial charge is 0.249 e. The molecule has 1 saturated heterocycles. The molecule has 1 aromatic carbocycles. The highest BCUT2D eigenvalue weighted by atomic mass is 16.5. The lowest BCUT2D eigenvalue weighted by Gasteiger charge is -2.33. The summed E-state index contributed by atoms with van der Waals surface area (Å²) in [5.41, 5.74) is 1.06. The molecule has 0 spiro atoms. The summed E-state index contributed by atoms with van der Waals surface area (Å²) >= 11 is 0. The average molecular weight is 355 g/mol. The van der Waals surface area contributed by atoms with Crippen molar-refractivity contribution in [1.82, 2.24) is 15.0 Å². The second-order valence-electron chi connectivity index (χ2n) is 7.18. The Kier molecular flexibility index (Phi) is 4.91. The highest BCUT2D eigenvalue weighted by Gasteiger charge is 2.34. The number of amides is 1. The van der Waals surface area contributed by atoms with Gasteiger partial charge in [0.1, 0.15) is 11.8 Å². The summed E-state index contributed by atoms with van der Waals surface area (Å²) in [7, 11) is 1.66. The fourth-order valence-electron chi connectivity index (χ4n) is 3.67. The molecule has 26 heavy (non-hydrogen) atoms. The Morgan fingerprint density at radius 2 is 2.12 bits per heavy atom. The van der Waals surface area contributed by atoms with Gasteiger partial charge in [-0.25, -0.2) is 0 Å². The molecule has 0 unspecified atom stereocenters. The summed E-state index contributed by atoms with van der Waals surface area (Å²) in [6.45, 7) is 0.760. The summed E-state index contributed by atoms with van der Waals surface area (Å²) in [6.07, 6.45) is 6.43. The number of hydrogen-bond acceptors (Lipinski definition) is 5. The maximum absolute atomic E-state index is 12.9. The molecule has 0 radical (unpaired) electrons. The molecule has 2 heterocycles. The van der Waals surface area contributed by atoms with Gasteiger partial charge in [0.05, 0.1) is 7.11 Å². The predicted molar refractivity (Wildman–Crippen MR) is 95.9 cm³/mol. The van der Waals surface area contributed by atoms with E-state index in [2.05, 4.69) is 10.1 Å². The second kappa shape index (κ2) is 7.48. The number of benzene rings is 1. The van der Waals surface area contributed by atoms with Gasteiger partial charge in [-0.2, -0.15) is 4.98 Å². The van der Waals surface area contributed by atoms with E-state index < -0.39 is 0 Å². The molecule has 2 fully saturated rings. The van der Waals surface area contributed by atoms with Crippen LogP contribution in [0.1, 0.15) is 67.8 Å². The Balaban J connectivity index is 1.44. The van der Waals surface area contributed by atoms with Crippen LogP contribution in [0.4, 0.5) is 0 Å². The van der Waals surface area contributed by atoms with Crippen molar-refractivity contribution >= 4 is 5.91 Å². The van der Waals surface area contributed by atoms with Crippen LogP contribution in [0.15, 0.2) is 28.8 Å². The number of nitrogens with zero attached hydrogens (tertiary/aromatic N) is 3. The lowest BCUT2D eigenvalue weighted by molar-refractivity contribution is -0.135. The van der Waals surface area contributed by atoms with E-state index in [0.29, 0.717) is 24.7 Å². The zero-order chi connectivity index (χ0) is 17.9. The zero-order valence-electron chi connectivity index (χ0n) is 15.2. The van der Waals surface area contributed by atoms with Gasteiger partial charge in [0.25, 0.3) is 0 Å². The van der Waals surface area contributed by atoms with E-state index in [0.717, 1.165) is 55.8 Å². The number of hydrogen-bond donors (Lipinski definition) is 0. The summed E-state index contributed by atoms with van der Waals surface area (Å²) < 4.78 is 10.9. The van der Waals surface area contributed by atoms with Gasteiger partial charge in [-0.05, 0) is 50.2 Å². The van der Waals surface area contributed by atoms with Gasteiger partial charge in [-0.1, -0.05) is 23.4 Å². The molecule has 138 valence electrons. The Hall–Kier alpha value is -2.37. The molecular weight excluding hydrogens is 330 g/mol. The van der Waals surface area contributed by atoms with Crippen LogP contribution in [0.2, 0.25) is 0 Å². The number of rotatable bonds is 6. The van der Waals surface area contributed by atoms with Crippen LogP contribution in [-0.2, 0) is 11.2 Å². The Morgan fingerprint density at radius 3 is 2.92 bits per heavy atom. The molecule has 0 N–H and O–H groups in total. The van der Waals surface area contributed by atoms with Crippen LogP contribution in [0.25, 0.3) is 0 Å². The fourth-order valence-corrected chi connectivity index (χ4v) is 3.67. The minimum atomic E-state index is -0.0751. The summed E-state index contributed by atoms with van der Waals surface area (Å²) in [5.74, 6) is 2.86. The van der Waals surface area contributed by atoms with E-state index >= 15 is 0 Å². The van der Waals surface area contributed by atoms with Crippen LogP contribution in [-0.4, -0.2) is 34.6 Å². The number of likely N-dealkylation sites (tertiary alicyclic amines) is 1. The van der Waals surface area contributed by atoms with E-state index in [1.54, 1.807) is 7.11 Å². The molecule has 1 atom stereocenters. The van der Waals surface area contributed by atoms with Gasteiger partial charge >= 0.3 is 0 Å². The molecule has 6 nitrogen and oxygen atoms in total. The number of para-hydroxylation sites is 1. The molecule has 2 aliphatic rings. The molecule has 1 aliphatic heterocycles. The first-order valence-electron chi connectivity index (χ1n) is 9.51. The van der Waals surface area contributed by atoms with Crippen molar-refractivity contribution in [2.75, 3.05) is 13.7 Å². The highest BCUT2D eigenvalue weighted by Crippen LogP contribution is 2.39. The lowest BCUT2D eigenvalue weighted by Crippen LogP contribution is -2.38. The first-order valence-corrected chi connectivity index (χ1v) is 9.51. The third kappa shape index (κ3) is 3.59. The number of piperidine rings is 1. The SMILES string of the molecule is COc1ccccc1CCC(=O)N1CCCC[C@@H]1c1nc(C2CC2)no1. The predicted octanol–water partition coefficient (Wildman–Crippen LogP) is 3.64. The summed E-state index contributed by atoms with van der Waals surface area (Å²) in [4.78, 5) is 19.4. The van der Waals surface area contributed by atoms with Crippen LogP contribution >= 0.6 is 0 Å². The third-order valence-corrected chi connectivity index (χ3v) is 5.31. The van der Waals surface area contributed by atoms with E-state index in [1.165, 1.54) is 0 Å². The fraction of sp³-hybridized carbons (Fsp3) is 0.550. The van der Waals surface area contributed by atoms with E-state index in [9.17, 15) is 4.79 Å². The molecule has 0 bridgehead atoms. The van der Waals surface area contributed by atoms with Gasteiger partial charge in [-0.15, -0.1) is 0 Å². The van der Waals surface area contributed by atoms with Crippen molar-refractivity contribution in [3.8, 4) is 5.75 Å². The first-order chi connectivity index (χ1) is 12.8. The maximum atomic E-state index is 12.9. The van der Waals surface area contributed by atoms with Crippen molar-refractivity contribution in [2.45, 2.75) is 56.9 Å². The van der Waals surface area contributed by atoms with E-state index in [4.69, 9.17) is 9.26 Å². The normalized spacial score (nSPS) is 20.2. The van der Waals surface area contributed by atoms with Crippen LogP contribution < -0.4 is 4.74 Å². The lowest BCUT2D eigenvalue weighted by atomic mass is 10.0. The molecule has 6 heteroatoms. The van der Waals surface area contributed by atoms with Crippen molar-refractivity contribution in [2.24, 2.45) is 0 Å². The summed E-state index contributed by atoms with van der Waals surface area (Å²) in [6, 6.07) is 7.79. The van der Waals surface area contributed by atoms with Crippen LogP contribution in [0.5, 0.6) is 5.75 Å². The monoisotopic (exact) mass is 355 g/mol. The van der Waals surface area contributed by atoms with Crippen LogP contribution in [0, 0.1) is 0 Å². The first kappa shape index (κ1) is 17.1.